The smallest absolute Gasteiger partial charge is 0.336 e. The number of carboxylic acid groups (broad SMARTS) is 1. The Morgan fingerprint density at radius 1 is 1.02 bits per heavy atom. The van der Waals surface area contributed by atoms with Crippen molar-refractivity contribution >= 4 is 56.1 Å². The number of carbonyl (C=O) groups excluding carboxylic acids is 2. The Kier molecular flexibility index (Phi) is 9.57. The predicted octanol–water partition coefficient (Wildman–Crippen LogP) is 5.39. The normalized spacial score (nSPS) is 11.8. The summed E-state index contributed by atoms with van der Waals surface area (Å²) in [5.41, 5.74) is 3.41. The molecule has 1 atom stereocenters. The minimum absolute atomic E-state index is 0.0147. The van der Waals surface area contributed by atoms with Gasteiger partial charge in [0.25, 0.3) is 11.8 Å². The lowest BCUT2D eigenvalue weighted by atomic mass is 9.99. The first-order valence-electron chi connectivity index (χ1n) is 12.7. The second-order valence-electron chi connectivity index (χ2n) is 9.28. The van der Waals surface area contributed by atoms with Gasteiger partial charge in [0.05, 0.1) is 12.1 Å². The summed E-state index contributed by atoms with van der Waals surface area (Å²) in [5.74, 6) is -1.85. The van der Waals surface area contributed by atoms with Crippen molar-refractivity contribution in [2.75, 3.05) is 0 Å². The Morgan fingerprint density at radius 3 is 2.40 bits per heavy atom. The molecule has 4 rings (SSSR count). The third-order valence-electron chi connectivity index (χ3n) is 6.66. The first-order valence-corrected chi connectivity index (χ1v) is 13.9. The van der Waals surface area contributed by atoms with E-state index in [2.05, 4.69) is 26.2 Å². The van der Waals surface area contributed by atoms with Gasteiger partial charge in [-0.1, -0.05) is 89.4 Å². The first-order chi connectivity index (χ1) is 19.2. The fourth-order valence-corrected chi connectivity index (χ4v) is 5.37. The van der Waals surface area contributed by atoms with Crippen molar-refractivity contribution in [1.82, 2.24) is 20.3 Å². The molecule has 0 spiro atoms. The van der Waals surface area contributed by atoms with E-state index in [1.807, 2.05) is 37.3 Å². The molecule has 4 aromatic rings. The molecule has 0 aliphatic rings. The quantitative estimate of drug-likeness (QED) is 0.130. The molecule has 3 aromatic carbocycles. The number of aromatic nitrogens is 2. The molecule has 11 heteroatoms. The van der Waals surface area contributed by atoms with Crippen molar-refractivity contribution in [3.8, 4) is 0 Å². The van der Waals surface area contributed by atoms with E-state index in [9.17, 15) is 24.7 Å². The van der Waals surface area contributed by atoms with Gasteiger partial charge in [-0.25, -0.2) is 15.3 Å². The molecule has 0 saturated heterocycles. The van der Waals surface area contributed by atoms with E-state index in [4.69, 9.17) is 11.6 Å². The van der Waals surface area contributed by atoms with Gasteiger partial charge in [0.1, 0.15) is 17.6 Å². The number of imidazole rings is 1. The highest BCUT2D eigenvalue weighted by Gasteiger charge is 2.28. The number of carboxylic acids is 1. The van der Waals surface area contributed by atoms with Crippen LogP contribution in [0.15, 0.2) is 65.1 Å². The summed E-state index contributed by atoms with van der Waals surface area (Å²) in [6.45, 7) is 2.24. The zero-order valence-electron chi connectivity index (χ0n) is 21.7. The van der Waals surface area contributed by atoms with Crippen LogP contribution in [0.25, 0.3) is 10.8 Å². The highest BCUT2D eigenvalue weighted by atomic mass is 79.9. The van der Waals surface area contributed by atoms with Gasteiger partial charge < -0.3 is 15.0 Å². The van der Waals surface area contributed by atoms with Crippen LogP contribution in [-0.4, -0.2) is 43.7 Å². The third-order valence-corrected chi connectivity index (χ3v) is 7.70. The van der Waals surface area contributed by atoms with E-state index >= 15 is 0 Å². The molecule has 1 unspecified atom stereocenters. The molecule has 1 aromatic heterocycles. The van der Waals surface area contributed by atoms with Crippen LogP contribution in [0.1, 0.15) is 57.6 Å². The molecule has 0 radical (unpaired) electrons. The molecule has 0 fully saturated rings. The number of benzene rings is 3. The number of fused-ring (bicyclic) bond motifs is 1. The summed E-state index contributed by atoms with van der Waals surface area (Å²) in [5, 5.41) is 23.0. The van der Waals surface area contributed by atoms with Gasteiger partial charge in [0.15, 0.2) is 5.15 Å². The maximum absolute atomic E-state index is 13.7. The molecule has 40 heavy (non-hydrogen) atoms. The number of rotatable bonds is 11. The van der Waals surface area contributed by atoms with Crippen molar-refractivity contribution < 1.29 is 24.7 Å². The Balaban J connectivity index is 1.74. The number of aryl methyl sites for hydroxylation is 1. The lowest BCUT2D eigenvalue weighted by Crippen LogP contribution is -2.47. The van der Waals surface area contributed by atoms with Crippen LogP contribution in [0.2, 0.25) is 5.15 Å². The molecule has 9 nitrogen and oxygen atoms in total. The molecule has 0 saturated carbocycles. The van der Waals surface area contributed by atoms with Crippen LogP contribution < -0.4 is 10.8 Å². The van der Waals surface area contributed by atoms with E-state index in [1.165, 1.54) is 0 Å². The second kappa shape index (κ2) is 13.1. The number of hydrogen-bond donors (Lipinski definition) is 4. The molecule has 1 heterocycles. The summed E-state index contributed by atoms with van der Waals surface area (Å²) in [4.78, 5) is 42.5. The SMILES string of the molecule is CCCCc1nc(Cl)c(C(=O)NC(Cc2ccccc2Br)C(=O)NO)n1Cc1ccc(C(=O)O)c2ccccc12. The summed E-state index contributed by atoms with van der Waals surface area (Å²) in [7, 11) is 0. The molecule has 0 aliphatic heterocycles. The Bertz CT molecular complexity index is 1570. The van der Waals surface area contributed by atoms with Crippen LogP contribution in [0.3, 0.4) is 0 Å². The number of carbonyl (C=O) groups is 3. The molecule has 0 bridgehead atoms. The van der Waals surface area contributed by atoms with Crippen LogP contribution in [0.4, 0.5) is 0 Å². The van der Waals surface area contributed by atoms with Gasteiger partial charge in [-0.05, 0) is 40.5 Å². The number of nitrogens with one attached hydrogen (secondary N) is 2. The van der Waals surface area contributed by atoms with Crippen molar-refractivity contribution in [3.05, 3.63) is 98.5 Å². The van der Waals surface area contributed by atoms with Gasteiger partial charge in [0, 0.05) is 17.3 Å². The summed E-state index contributed by atoms with van der Waals surface area (Å²) in [6.07, 6.45) is 2.37. The van der Waals surface area contributed by atoms with Crippen LogP contribution >= 0.6 is 27.5 Å². The minimum Gasteiger partial charge on any atom is -0.478 e. The van der Waals surface area contributed by atoms with Gasteiger partial charge in [0.2, 0.25) is 0 Å². The molecular formula is C29H28BrClN4O5. The maximum Gasteiger partial charge on any atom is 0.336 e. The van der Waals surface area contributed by atoms with Gasteiger partial charge in [-0.15, -0.1) is 0 Å². The molecule has 2 amide bonds. The van der Waals surface area contributed by atoms with Crippen LogP contribution in [0.5, 0.6) is 0 Å². The van der Waals surface area contributed by atoms with E-state index in [0.29, 0.717) is 17.6 Å². The molecule has 0 aliphatic carbocycles. The summed E-state index contributed by atoms with van der Waals surface area (Å²) in [6, 6.07) is 16.6. The number of aromatic carboxylic acids is 1. The van der Waals surface area contributed by atoms with Crippen LogP contribution in [0, 0.1) is 0 Å². The van der Waals surface area contributed by atoms with Crippen molar-refractivity contribution in [2.24, 2.45) is 0 Å². The summed E-state index contributed by atoms with van der Waals surface area (Å²) < 4.78 is 2.46. The zero-order chi connectivity index (χ0) is 28.8. The average molecular weight is 628 g/mol. The monoisotopic (exact) mass is 626 g/mol. The fraction of sp³-hybridized carbons (Fsp3) is 0.241. The Labute approximate surface area is 244 Å². The van der Waals surface area contributed by atoms with E-state index in [-0.39, 0.29) is 29.4 Å². The minimum atomic E-state index is -1.11. The predicted molar refractivity (Wildman–Crippen MR) is 155 cm³/mol. The molecular weight excluding hydrogens is 600 g/mol. The lowest BCUT2D eigenvalue weighted by Gasteiger charge is -2.19. The van der Waals surface area contributed by atoms with E-state index in [0.717, 1.165) is 33.8 Å². The topological polar surface area (TPSA) is 134 Å². The Hall–Kier alpha value is -3.73. The number of unbranched alkanes of at least 4 members (excludes halogenated alkanes) is 1. The van der Waals surface area contributed by atoms with E-state index < -0.39 is 23.8 Å². The van der Waals surface area contributed by atoms with Crippen LogP contribution in [-0.2, 0) is 24.2 Å². The van der Waals surface area contributed by atoms with E-state index in [1.54, 1.807) is 40.4 Å². The standard InChI is InChI=1S/C29H28BrClN4O5/c1-2-3-12-24-33-26(31)25(28(37)32-23(27(36)34-40)15-17-8-4-7-11-22(17)30)35(24)16-18-13-14-21(29(38)39)20-10-6-5-9-19(18)20/h4-11,13-14,23,40H,2-3,12,15-16H2,1H3,(H,32,37)(H,34,36)(H,38,39). The lowest BCUT2D eigenvalue weighted by molar-refractivity contribution is -0.131. The average Bonchev–Trinajstić information content (AvgIpc) is 3.26. The van der Waals surface area contributed by atoms with Crippen molar-refractivity contribution in [1.29, 1.82) is 0 Å². The second-order valence-corrected chi connectivity index (χ2v) is 10.5. The molecule has 4 N–H and O–H groups in total. The van der Waals surface area contributed by atoms with Crippen molar-refractivity contribution in [3.63, 3.8) is 0 Å². The molecule has 208 valence electrons. The number of halogens is 2. The first kappa shape index (κ1) is 29.3. The van der Waals surface area contributed by atoms with Gasteiger partial charge in [-0.3, -0.25) is 14.8 Å². The summed E-state index contributed by atoms with van der Waals surface area (Å²) >= 11 is 9.98. The third kappa shape index (κ3) is 6.35. The maximum atomic E-state index is 13.7. The van der Waals surface area contributed by atoms with Gasteiger partial charge in [-0.2, -0.15) is 0 Å². The number of hydroxylamine groups is 1. The number of amides is 2. The zero-order valence-corrected chi connectivity index (χ0v) is 24.0. The largest absolute Gasteiger partial charge is 0.478 e. The number of hydrogen-bond acceptors (Lipinski definition) is 5. The highest BCUT2D eigenvalue weighted by Crippen LogP contribution is 2.27. The van der Waals surface area contributed by atoms with Crippen molar-refractivity contribution in [2.45, 2.75) is 45.2 Å². The Morgan fingerprint density at radius 2 is 1.73 bits per heavy atom. The fourth-order valence-electron chi connectivity index (χ4n) is 4.63. The highest BCUT2D eigenvalue weighted by molar-refractivity contribution is 9.10. The number of nitrogens with zero attached hydrogens (tertiary/aromatic N) is 2. The van der Waals surface area contributed by atoms with Gasteiger partial charge >= 0.3 is 5.97 Å².